The smallest absolute Gasteiger partial charge is 0.122 e. The number of halogens is 1. The highest BCUT2D eigenvalue weighted by molar-refractivity contribution is 9.10. The van der Waals surface area contributed by atoms with Crippen LogP contribution in [0.5, 0.6) is 5.75 Å². The third-order valence-electron chi connectivity index (χ3n) is 2.96. The summed E-state index contributed by atoms with van der Waals surface area (Å²) in [6.07, 6.45) is 0.741. The van der Waals surface area contributed by atoms with E-state index in [0.717, 1.165) is 37.8 Å². The van der Waals surface area contributed by atoms with Gasteiger partial charge < -0.3 is 10.5 Å². The minimum absolute atomic E-state index is 0.0469. The Morgan fingerprint density at radius 3 is 2.74 bits per heavy atom. The lowest BCUT2D eigenvalue weighted by atomic mass is 10.0. The van der Waals surface area contributed by atoms with Crippen molar-refractivity contribution in [2.75, 3.05) is 7.11 Å². The zero-order chi connectivity index (χ0) is 14.0. The van der Waals surface area contributed by atoms with Crippen molar-refractivity contribution in [2.24, 2.45) is 5.73 Å². The van der Waals surface area contributed by atoms with Crippen LogP contribution in [0.4, 0.5) is 0 Å². The summed E-state index contributed by atoms with van der Waals surface area (Å²) in [7, 11) is 1.68. The maximum atomic E-state index is 6.31. The third kappa shape index (κ3) is 3.35. The van der Waals surface area contributed by atoms with E-state index in [2.05, 4.69) is 27.0 Å². The number of aryl methyl sites for hydroxylation is 2. The van der Waals surface area contributed by atoms with Crippen LogP contribution in [0.15, 0.2) is 22.7 Å². The predicted molar refractivity (Wildman–Crippen MR) is 82.9 cm³/mol. The molecule has 2 N–H and O–H groups in total. The maximum absolute atomic E-state index is 6.31. The summed E-state index contributed by atoms with van der Waals surface area (Å²) in [5, 5.41) is 1.06. The first-order valence-corrected chi connectivity index (χ1v) is 7.64. The molecule has 1 aromatic carbocycles. The van der Waals surface area contributed by atoms with Gasteiger partial charge in [-0.05, 0) is 44.0 Å². The number of nitrogens with zero attached hydrogens (tertiary/aromatic N) is 1. The molecule has 5 heteroatoms. The summed E-state index contributed by atoms with van der Waals surface area (Å²) in [5.41, 5.74) is 8.45. The van der Waals surface area contributed by atoms with Gasteiger partial charge in [-0.2, -0.15) is 0 Å². The Labute approximate surface area is 125 Å². The summed E-state index contributed by atoms with van der Waals surface area (Å²) >= 11 is 5.15. The summed E-state index contributed by atoms with van der Waals surface area (Å²) < 4.78 is 6.42. The van der Waals surface area contributed by atoms with E-state index in [4.69, 9.17) is 10.5 Å². The van der Waals surface area contributed by atoms with Crippen LogP contribution < -0.4 is 10.5 Å². The first-order valence-electron chi connectivity index (χ1n) is 6.03. The lowest BCUT2D eigenvalue weighted by molar-refractivity contribution is 0.408. The Balaban J connectivity index is 2.25. The summed E-state index contributed by atoms with van der Waals surface area (Å²) in [5.74, 6) is 0.873. The molecule has 102 valence electrons. The van der Waals surface area contributed by atoms with Crippen LogP contribution in [0.1, 0.15) is 27.2 Å². The van der Waals surface area contributed by atoms with Crippen molar-refractivity contribution in [3.05, 3.63) is 43.8 Å². The van der Waals surface area contributed by atoms with Crippen molar-refractivity contribution in [2.45, 2.75) is 26.3 Å². The molecule has 2 rings (SSSR count). The van der Waals surface area contributed by atoms with Gasteiger partial charge in [0, 0.05) is 15.4 Å². The first kappa shape index (κ1) is 14.5. The molecular weight excluding hydrogens is 324 g/mol. The molecule has 0 aliphatic carbocycles. The maximum Gasteiger partial charge on any atom is 0.122 e. The van der Waals surface area contributed by atoms with E-state index in [9.17, 15) is 0 Å². The average molecular weight is 341 g/mol. The molecule has 1 heterocycles. The van der Waals surface area contributed by atoms with E-state index in [1.165, 1.54) is 0 Å². The molecule has 1 aromatic heterocycles. The van der Waals surface area contributed by atoms with Gasteiger partial charge in [0.1, 0.15) is 5.75 Å². The van der Waals surface area contributed by atoms with Crippen LogP contribution >= 0.6 is 27.3 Å². The van der Waals surface area contributed by atoms with Crippen molar-refractivity contribution < 1.29 is 4.74 Å². The number of thiazole rings is 1. The second-order valence-electron chi connectivity index (χ2n) is 4.45. The number of hydrogen-bond acceptors (Lipinski definition) is 4. The fraction of sp³-hybridized carbons (Fsp3) is 0.357. The molecule has 1 unspecified atom stereocenters. The zero-order valence-corrected chi connectivity index (χ0v) is 13.6. The van der Waals surface area contributed by atoms with E-state index in [0.29, 0.717) is 0 Å². The normalized spacial score (nSPS) is 12.5. The quantitative estimate of drug-likeness (QED) is 0.921. The van der Waals surface area contributed by atoms with E-state index >= 15 is 0 Å². The largest absolute Gasteiger partial charge is 0.496 e. The standard InChI is InChI=1S/C14H17BrN2OS/c1-8-14(19-9(2)17-8)12(16)7-10-6-11(15)4-5-13(10)18-3/h4-6,12H,7,16H2,1-3H3. The molecule has 3 nitrogen and oxygen atoms in total. The number of methoxy groups -OCH3 is 1. The minimum atomic E-state index is -0.0469. The van der Waals surface area contributed by atoms with Crippen LogP contribution in [0.2, 0.25) is 0 Å². The Kier molecular flexibility index (Phi) is 4.60. The van der Waals surface area contributed by atoms with Crippen LogP contribution in [0.25, 0.3) is 0 Å². The molecule has 0 saturated carbocycles. The van der Waals surface area contributed by atoms with Gasteiger partial charge in [-0.15, -0.1) is 11.3 Å². The second kappa shape index (κ2) is 6.03. The SMILES string of the molecule is COc1ccc(Br)cc1CC(N)c1sc(C)nc1C. The van der Waals surface area contributed by atoms with Crippen LogP contribution in [-0.2, 0) is 6.42 Å². The molecule has 0 aliphatic rings. The highest BCUT2D eigenvalue weighted by Crippen LogP contribution is 2.30. The Hall–Kier alpha value is -0.910. The molecule has 0 saturated heterocycles. The van der Waals surface area contributed by atoms with Crippen LogP contribution in [0, 0.1) is 13.8 Å². The Bertz CT molecular complexity index is 583. The van der Waals surface area contributed by atoms with Crippen molar-refractivity contribution in [1.82, 2.24) is 4.98 Å². The highest BCUT2D eigenvalue weighted by Gasteiger charge is 2.16. The van der Waals surface area contributed by atoms with Gasteiger partial charge in [-0.25, -0.2) is 4.98 Å². The molecule has 1 atom stereocenters. The van der Waals surface area contributed by atoms with Crippen LogP contribution in [0.3, 0.4) is 0 Å². The van der Waals surface area contributed by atoms with Crippen molar-refractivity contribution >= 4 is 27.3 Å². The van der Waals surface area contributed by atoms with Gasteiger partial charge in [0.05, 0.1) is 17.8 Å². The molecule has 0 radical (unpaired) electrons. The van der Waals surface area contributed by atoms with Crippen molar-refractivity contribution in [3.63, 3.8) is 0 Å². The first-order chi connectivity index (χ1) is 9.01. The van der Waals surface area contributed by atoms with Crippen molar-refractivity contribution in [3.8, 4) is 5.75 Å². The molecule has 19 heavy (non-hydrogen) atoms. The number of hydrogen-bond donors (Lipinski definition) is 1. The molecule has 2 aromatic rings. The number of nitrogens with two attached hydrogens (primary N) is 1. The second-order valence-corrected chi connectivity index (χ2v) is 6.60. The molecule has 0 amide bonds. The summed E-state index contributed by atoms with van der Waals surface area (Å²) in [6.45, 7) is 4.02. The Morgan fingerprint density at radius 1 is 1.42 bits per heavy atom. The number of rotatable bonds is 4. The average Bonchev–Trinajstić information content (AvgIpc) is 2.69. The summed E-state index contributed by atoms with van der Waals surface area (Å²) in [6, 6.07) is 5.93. The molecular formula is C14H17BrN2OS. The highest BCUT2D eigenvalue weighted by atomic mass is 79.9. The molecule has 0 bridgehead atoms. The van der Waals surface area contributed by atoms with Crippen LogP contribution in [-0.4, -0.2) is 12.1 Å². The fourth-order valence-electron chi connectivity index (χ4n) is 2.13. The molecule has 0 aliphatic heterocycles. The topological polar surface area (TPSA) is 48.1 Å². The van der Waals surface area contributed by atoms with Gasteiger partial charge in [-0.3, -0.25) is 0 Å². The van der Waals surface area contributed by atoms with Gasteiger partial charge >= 0.3 is 0 Å². The fourth-order valence-corrected chi connectivity index (χ4v) is 3.46. The lowest BCUT2D eigenvalue weighted by Gasteiger charge is -2.14. The molecule has 0 fully saturated rings. The van der Waals surface area contributed by atoms with Crippen molar-refractivity contribution in [1.29, 1.82) is 0 Å². The van der Waals surface area contributed by atoms with E-state index < -0.39 is 0 Å². The third-order valence-corrected chi connectivity index (χ3v) is 4.66. The van der Waals surface area contributed by atoms with Gasteiger partial charge in [0.25, 0.3) is 0 Å². The van der Waals surface area contributed by atoms with E-state index in [-0.39, 0.29) is 6.04 Å². The van der Waals surface area contributed by atoms with Gasteiger partial charge in [0.2, 0.25) is 0 Å². The molecule has 0 spiro atoms. The predicted octanol–water partition coefficient (Wildman–Crippen LogP) is 3.77. The Morgan fingerprint density at radius 2 is 2.16 bits per heavy atom. The minimum Gasteiger partial charge on any atom is -0.496 e. The summed E-state index contributed by atoms with van der Waals surface area (Å²) in [4.78, 5) is 5.58. The number of aromatic nitrogens is 1. The zero-order valence-electron chi connectivity index (χ0n) is 11.2. The van der Waals surface area contributed by atoms with Gasteiger partial charge in [0.15, 0.2) is 0 Å². The number of ether oxygens (including phenoxy) is 1. The van der Waals surface area contributed by atoms with E-state index in [1.807, 2.05) is 26.0 Å². The number of benzene rings is 1. The monoisotopic (exact) mass is 340 g/mol. The van der Waals surface area contributed by atoms with Gasteiger partial charge in [-0.1, -0.05) is 15.9 Å². The van der Waals surface area contributed by atoms with E-state index in [1.54, 1.807) is 18.4 Å². The lowest BCUT2D eigenvalue weighted by Crippen LogP contribution is -2.13.